The lowest BCUT2D eigenvalue weighted by atomic mass is 10.3. The summed E-state index contributed by atoms with van der Waals surface area (Å²) in [6, 6.07) is 6.11. The van der Waals surface area contributed by atoms with Gasteiger partial charge in [-0.3, -0.25) is 4.90 Å². The van der Waals surface area contributed by atoms with Gasteiger partial charge in [-0.2, -0.15) is 0 Å². The van der Waals surface area contributed by atoms with Gasteiger partial charge in [0.25, 0.3) is 10.0 Å². The molecule has 0 fully saturated rings. The molecule has 0 aromatic heterocycles. The number of benzene rings is 1. The first-order chi connectivity index (χ1) is 10.5. The molecule has 0 unspecified atom stereocenters. The van der Waals surface area contributed by atoms with Crippen LogP contribution in [0.2, 0.25) is 0 Å². The van der Waals surface area contributed by atoms with Crippen LogP contribution in [0.3, 0.4) is 0 Å². The van der Waals surface area contributed by atoms with Crippen molar-refractivity contribution in [2.24, 2.45) is 4.99 Å². The maximum Gasteiger partial charge on any atom is 0.264 e. The van der Waals surface area contributed by atoms with E-state index in [2.05, 4.69) is 15.0 Å². The molecule has 0 radical (unpaired) electrons. The van der Waals surface area contributed by atoms with Gasteiger partial charge < -0.3 is 15.2 Å². The van der Waals surface area contributed by atoms with E-state index >= 15 is 0 Å². The van der Waals surface area contributed by atoms with Gasteiger partial charge in [0.1, 0.15) is 5.75 Å². The topological polar surface area (TPSA) is 103 Å². The maximum atomic E-state index is 12.2. The van der Waals surface area contributed by atoms with Crippen molar-refractivity contribution in [2.45, 2.75) is 11.3 Å². The highest BCUT2D eigenvalue weighted by molar-refractivity contribution is 7.90. The van der Waals surface area contributed by atoms with E-state index in [1.165, 1.54) is 19.2 Å². The molecule has 0 atom stereocenters. The first-order valence-electron chi connectivity index (χ1n) is 6.83. The molecule has 0 bridgehead atoms. The summed E-state index contributed by atoms with van der Waals surface area (Å²) in [6.07, 6.45) is 0.657. The summed E-state index contributed by atoms with van der Waals surface area (Å²) >= 11 is 0. The zero-order valence-corrected chi connectivity index (χ0v) is 13.1. The largest absolute Gasteiger partial charge is 0.497 e. The molecule has 1 aromatic rings. The Hall–Kier alpha value is -1.84. The number of aliphatic hydroxyl groups is 1. The predicted molar refractivity (Wildman–Crippen MR) is 82.0 cm³/mol. The van der Waals surface area contributed by atoms with Crippen LogP contribution >= 0.6 is 0 Å². The van der Waals surface area contributed by atoms with E-state index in [0.29, 0.717) is 32.1 Å². The smallest absolute Gasteiger partial charge is 0.264 e. The first-order valence-corrected chi connectivity index (χ1v) is 8.32. The van der Waals surface area contributed by atoms with E-state index < -0.39 is 10.0 Å². The number of sulfonamides is 1. The van der Waals surface area contributed by atoms with E-state index in [9.17, 15) is 8.42 Å². The molecule has 8 nitrogen and oxygen atoms in total. The van der Waals surface area contributed by atoms with Gasteiger partial charge in [-0.1, -0.05) is 0 Å². The summed E-state index contributed by atoms with van der Waals surface area (Å²) in [4.78, 5) is 6.24. The van der Waals surface area contributed by atoms with Crippen molar-refractivity contribution >= 4 is 16.0 Å². The molecule has 0 spiro atoms. The molecule has 1 aliphatic heterocycles. The average molecular weight is 328 g/mol. The maximum absolute atomic E-state index is 12.2. The molecule has 1 aliphatic rings. The first kappa shape index (κ1) is 16.5. The van der Waals surface area contributed by atoms with Crippen LogP contribution in [0.25, 0.3) is 0 Å². The molecule has 3 N–H and O–H groups in total. The third-order valence-electron chi connectivity index (χ3n) is 3.13. The fourth-order valence-electron chi connectivity index (χ4n) is 1.92. The van der Waals surface area contributed by atoms with Crippen LogP contribution in [0, 0.1) is 0 Å². The molecular formula is C13H20N4O4S. The Labute approximate surface area is 129 Å². The molecule has 2 rings (SSSR count). The van der Waals surface area contributed by atoms with Gasteiger partial charge in [-0.05, 0) is 30.7 Å². The van der Waals surface area contributed by atoms with Gasteiger partial charge in [0.2, 0.25) is 5.96 Å². The highest BCUT2D eigenvalue weighted by Crippen LogP contribution is 2.15. The summed E-state index contributed by atoms with van der Waals surface area (Å²) in [5.74, 6) is 0.808. The van der Waals surface area contributed by atoms with E-state index in [1.54, 1.807) is 12.1 Å². The van der Waals surface area contributed by atoms with Crippen molar-refractivity contribution in [3.63, 3.8) is 0 Å². The molecule has 1 aromatic carbocycles. The second-order valence-corrected chi connectivity index (χ2v) is 6.42. The lowest BCUT2D eigenvalue weighted by molar-refractivity contribution is 0.218. The standard InChI is InChI=1S/C13H20N4O4S/c1-21-11-3-5-12(6-4-11)22(19,20)16-13-14-9-17(10-15-13)7-2-8-18/h3-6,18H,2,7-10H2,1H3,(H2,14,15,16). The number of rotatable bonds is 6. The van der Waals surface area contributed by atoms with Crippen LogP contribution in [-0.2, 0) is 10.0 Å². The number of guanidine groups is 1. The van der Waals surface area contributed by atoms with E-state index in [4.69, 9.17) is 9.84 Å². The van der Waals surface area contributed by atoms with E-state index in [0.717, 1.165) is 0 Å². The van der Waals surface area contributed by atoms with Gasteiger partial charge in [0.05, 0.1) is 25.3 Å². The summed E-state index contributed by atoms with van der Waals surface area (Å²) in [5, 5.41) is 11.7. The van der Waals surface area contributed by atoms with Crippen LogP contribution in [0.15, 0.2) is 34.2 Å². The molecule has 0 saturated heterocycles. The molecule has 122 valence electrons. The molecule has 0 aliphatic carbocycles. The van der Waals surface area contributed by atoms with E-state index in [-0.39, 0.29) is 17.5 Å². The Balaban J connectivity index is 1.98. The van der Waals surface area contributed by atoms with Crippen LogP contribution in [0.5, 0.6) is 5.75 Å². The Morgan fingerprint density at radius 3 is 2.68 bits per heavy atom. The lowest BCUT2D eigenvalue weighted by Crippen LogP contribution is -2.50. The molecule has 1 heterocycles. The Bertz CT molecular complexity index is 615. The van der Waals surface area contributed by atoms with Gasteiger partial charge in [0.15, 0.2) is 0 Å². The van der Waals surface area contributed by atoms with Gasteiger partial charge in [-0.25, -0.2) is 18.1 Å². The number of aliphatic imine (C=N–C) groups is 1. The minimum absolute atomic E-state index is 0.122. The summed E-state index contributed by atoms with van der Waals surface area (Å²) < 4.78 is 31.9. The average Bonchev–Trinajstić information content (AvgIpc) is 2.54. The van der Waals surface area contributed by atoms with Crippen molar-refractivity contribution in [1.82, 2.24) is 14.9 Å². The van der Waals surface area contributed by atoms with Crippen molar-refractivity contribution in [1.29, 1.82) is 0 Å². The van der Waals surface area contributed by atoms with Crippen molar-refractivity contribution < 1.29 is 18.3 Å². The quantitative estimate of drug-likeness (QED) is 0.652. The number of methoxy groups -OCH3 is 1. The van der Waals surface area contributed by atoms with Crippen LogP contribution in [0.4, 0.5) is 0 Å². The highest BCUT2D eigenvalue weighted by Gasteiger charge is 2.19. The Morgan fingerprint density at radius 2 is 2.14 bits per heavy atom. The van der Waals surface area contributed by atoms with Gasteiger partial charge in [0, 0.05) is 13.2 Å². The monoisotopic (exact) mass is 328 g/mol. The number of nitrogens with zero attached hydrogens (tertiary/aromatic N) is 2. The minimum atomic E-state index is -3.68. The molecule has 9 heteroatoms. The number of ether oxygens (including phenoxy) is 1. The van der Waals surface area contributed by atoms with Crippen LogP contribution in [0.1, 0.15) is 6.42 Å². The molecular weight excluding hydrogens is 308 g/mol. The molecule has 0 saturated carbocycles. The summed E-state index contributed by atoms with van der Waals surface area (Å²) in [7, 11) is -2.16. The third-order valence-corrected chi connectivity index (χ3v) is 4.49. The Kier molecular flexibility index (Phi) is 5.58. The SMILES string of the molecule is COc1ccc(S(=O)(=O)NC2=NCN(CCCO)CN2)cc1. The Morgan fingerprint density at radius 1 is 1.41 bits per heavy atom. The summed E-state index contributed by atoms with van der Waals surface area (Å²) in [5.41, 5.74) is 0. The second-order valence-electron chi connectivity index (χ2n) is 4.74. The number of hydrogen-bond acceptors (Lipinski definition) is 7. The lowest BCUT2D eigenvalue weighted by Gasteiger charge is -2.26. The number of hydrogen-bond donors (Lipinski definition) is 3. The normalized spacial score (nSPS) is 15.8. The van der Waals surface area contributed by atoms with Gasteiger partial charge >= 0.3 is 0 Å². The second kappa shape index (κ2) is 7.43. The van der Waals surface area contributed by atoms with Crippen molar-refractivity contribution in [2.75, 3.05) is 33.6 Å². The molecule has 0 amide bonds. The van der Waals surface area contributed by atoms with Crippen molar-refractivity contribution in [3.8, 4) is 5.75 Å². The van der Waals surface area contributed by atoms with Crippen LogP contribution in [-0.4, -0.2) is 58.0 Å². The van der Waals surface area contributed by atoms with Crippen molar-refractivity contribution in [3.05, 3.63) is 24.3 Å². The third kappa shape index (κ3) is 4.33. The predicted octanol–water partition coefficient (Wildman–Crippen LogP) is -0.468. The highest BCUT2D eigenvalue weighted by atomic mass is 32.2. The van der Waals surface area contributed by atoms with Gasteiger partial charge in [-0.15, -0.1) is 0 Å². The summed E-state index contributed by atoms with van der Waals surface area (Å²) in [6.45, 7) is 1.68. The number of aliphatic hydroxyl groups excluding tert-OH is 1. The fourth-order valence-corrected chi connectivity index (χ4v) is 2.92. The minimum Gasteiger partial charge on any atom is -0.497 e. The van der Waals surface area contributed by atoms with Crippen LogP contribution < -0.4 is 14.8 Å². The fraction of sp³-hybridized carbons (Fsp3) is 0.462. The van der Waals surface area contributed by atoms with E-state index in [1.807, 2.05) is 4.90 Å². The number of nitrogens with one attached hydrogen (secondary N) is 2. The zero-order valence-electron chi connectivity index (χ0n) is 12.3. The zero-order chi connectivity index (χ0) is 16.0. The molecule has 22 heavy (non-hydrogen) atoms.